The van der Waals surface area contributed by atoms with Crippen LogP contribution in [-0.4, -0.2) is 19.4 Å². The Labute approximate surface area is 60.6 Å². The van der Waals surface area contributed by atoms with Crippen LogP contribution in [0, 0.1) is 0 Å². The summed E-state index contributed by atoms with van der Waals surface area (Å²) in [6.45, 7) is 5.38. The number of hydrogen-bond acceptors (Lipinski definition) is 3. The Morgan fingerprint density at radius 1 is 1.80 bits per heavy atom. The van der Waals surface area contributed by atoms with E-state index in [-0.39, 0.29) is 6.10 Å². The summed E-state index contributed by atoms with van der Waals surface area (Å²) < 4.78 is 8.99. The highest BCUT2D eigenvalue weighted by atomic mass is 16.7. The van der Waals surface area contributed by atoms with Crippen LogP contribution >= 0.6 is 0 Å². The molecule has 0 aliphatic carbocycles. The van der Waals surface area contributed by atoms with Crippen LogP contribution in [0.15, 0.2) is 12.7 Å². The first-order chi connectivity index (χ1) is 4.74. The lowest BCUT2D eigenvalue weighted by Gasteiger charge is -2.08. The number of hydrogen-bond donors (Lipinski definition) is 0. The van der Waals surface area contributed by atoms with Crippen molar-refractivity contribution in [3.05, 3.63) is 12.7 Å². The molecule has 0 amide bonds. The molecule has 0 heterocycles. The molecule has 0 N–H and O–H groups in total. The molecule has 0 saturated heterocycles. The van der Waals surface area contributed by atoms with E-state index in [1.165, 1.54) is 7.11 Å². The SMILES string of the molecule is C=CC(CC)OC(=O)OC. The fourth-order valence-corrected chi connectivity index (χ4v) is 0.470. The van der Waals surface area contributed by atoms with Gasteiger partial charge in [-0.2, -0.15) is 0 Å². The van der Waals surface area contributed by atoms with Crippen LogP contribution < -0.4 is 0 Å². The maximum Gasteiger partial charge on any atom is 0.508 e. The van der Waals surface area contributed by atoms with Gasteiger partial charge < -0.3 is 9.47 Å². The summed E-state index contributed by atoms with van der Waals surface area (Å²) in [6.07, 6.45) is 1.40. The van der Waals surface area contributed by atoms with Gasteiger partial charge >= 0.3 is 6.16 Å². The standard InChI is InChI=1S/C7H12O3/c1-4-6(5-2)10-7(8)9-3/h4,6H,1,5H2,2-3H3. The Morgan fingerprint density at radius 2 is 2.40 bits per heavy atom. The van der Waals surface area contributed by atoms with Gasteiger partial charge in [-0.3, -0.25) is 0 Å². The highest BCUT2D eigenvalue weighted by Crippen LogP contribution is 1.99. The molecular formula is C7H12O3. The molecule has 0 rings (SSSR count). The van der Waals surface area contributed by atoms with Crippen LogP contribution in [0.1, 0.15) is 13.3 Å². The van der Waals surface area contributed by atoms with E-state index in [0.29, 0.717) is 0 Å². The first-order valence-electron chi connectivity index (χ1n) is 3.11. The summed E-state index contributed by atoms with van der Waals surface area (Å²) in [7, 11) is 1.28. The molecule has 0 fully saturated rings. The molecule has 0 aliphatic rings. The first-order valence-corrected chi connectivity index (χ1v) is 3.11. The predicted molar refractivity (Wildman–Crippen MR) is 37.8 cm³/mol. The topological polar surface area (TPSA) is 35.5 Å². The summed E-state index contributed by atoms with van der Waals surface area (Å²) in [5.41, 5.74) is 0. The van der Waals surface area contributed by atoms with Gasteiger partial charge in [0.15, 0.2) is 0 Å². The molecule has 3 nitrogen and oxygen atoms in total. The van der Waals surface area contributed by atoms with E-state index in [1.807, 2.05) is 6.92 Å². The third kappa shape index (κ3) is 3.12. The van der Waals surface area contributed by atoms with Crippen molar-refractivity contribution < 1.29 is 14.3 Å². The first kappa shape index (κ1) is 9.01. The lowest BCUT2D eigenvalue weighted by atomic mass is 10.3. The van der Waals surface area contributed by atoms with E-state index in [9.17, 15) is 4.79 Å². The zero-order valence-electron chi connectivity index (χ0n) is 6.29. The van der Waals surface area contributed by atoms with E-state index in [1.54, 1.807) is 6.08 Å². The second-order valence-electron chi connectivity index (χ2n) is 1.75. The van der Waals surface area contributed by atoms with Crippen LogP contribution in [0.5, 0.6) is 0 Å². The Bertz CT molecular complexity index is 120. The highest BCUT2D eigenvalue weighted by Gasteiger charge is 2.06. The fourth-order valence-electron chi connectivity index (χ4n) is 0.470. The van der Waals surface area contributed by atoms with E-state index < -0.39 is 6.16 Å². The molecule has 0 saturated carbocycles. The second kappa shape index (κ2) is 4.85. The van der Waals surface area contributed by atoms with Gasteiger partial charge in [0.25, 0.3) is 0 Å². The van der Waals surface area contributed by atoms with Gasteiger partial charge in [0.05, 0.1) is 7.11 Å². The molecule has 3 heteroatoms. The molecular weight excluding hydrogens is 132 g/mol. The van der Waals surface area contributed by atoms with Crippen molar-refractivity contribution in [1.29, 1.82) is 0 Å². The third-order valence-electron chi connectivity index (χ3n) is 1.08. The lowest BCUT2D eigenvalue weighted by Crippen LogP contribution is -2.14. The molecule has 0 aromatic heterocycles. The molecule has 10 heavy (non-hydrogen) atoms. The van der Waals surface area contributed by atoms with Gasteiger partial charge in [-0.15, -0.1) is 0 Å². The van der Waals surface area contributed by atoms with E-state index in [0.717, 1.165) is 6.42 Å². The maximum atomic E-state index is 10.4. The minimum Gasteiger partial charge on any atom is -0.438 e. The van der Waals surface area contributed by atoms with Crippen molar-refractivity contribution in [2.45, 2.75) is 19.4 Å². The van der Waals surface area contributed by atoms with Crippen LogP contribution in [0.4, 0.5) is 4.79 Å². The molecule has 0 aliphatic heterocycles. The van der Waals surface area contributed by atoms with Crippen LogP contribution in [-0.2, 0) is 9.47 Å². The number of rotatable bonds is 3. The molecule has 58 valence electrons. The quantitative estimate of drug-likeness (QED) is 0.447. The van der Waals surface area contributed by atoms with E-state index >= 15 is 0 Å². The van der Waals surface area contributed by atoms with E-state index in [4.69, 9.17) is 4.74 Å². The van der Waals surface area contributed by atoms with Gasteiger partial charge in [0, 0.05) is 0 Å². The monoisotopic (exact) mass is 144 g/mol. The zero-order valence-corrected chi connectivity index (χ0v) is 6.29. The zero-order chi connectivity index (χ0) is 7.98. The van der Waals surface area contributed by atoms with Gasteiger partial charge in [0.1, 0.15) is 6.10 Å². The summed E-state index contributed by atoms with van der Waals surface area (Å²) in [5.74, 6) is 0. The summed E-state index contributed by atoms with van der Waals surface area (Å²) in [6, 6.07) is 0. The van der Waals surface area contributed by atoms with Crippen LogP contribution in [0.25, 0.3) is 0 Å². The van der Waals surface area contributed by atoms with Crippen LogP contribution in [0.3, 0.4) is 0 Å². The molecule has 0 radical (unpaired) electrons. The lowest BCUT2D eigenvalue weighted by molar-refractivity contribution is 0.0515. The van der Waals surface area contributed by atoms with Crippen molar-refractivity contribution >= 4 is 6.16 Å². The van der Waals surface area contributed by atoms with Gasteiger partial charge in [-0.25, -0.2) is 4.79 Å². The molecule has 1 atom stereocenters. The molecule has 0 bridgehead atoms. The Hall–Kier alpha value is -0.990. The summed E-state index contributed by atoms with van der Waals surface area (Å²) in [4.78, 5) is 10.4. The largest absolute Gasteiger partial charge is 0.508 e. The third-order valence-corrected chi connectivity index (χ3v) is 1.08. The number of carbonyl (C=O) groups excluding carboxylic acids is 1. The number of methoxy groups -OCH3 is 1. The van der Waals surface area contributed by atoms with Crippen molar-refractivity contribution in [3.63, 3.8) is 0 Å². The Morgan fingerprint density at radius 3 is 2.70 bits per heavy atom. The Kier molecular flexibility index (Phi) is 4.37. The molecule has 0 spiro atoms. The van der Waals surface area contributed by atoms with Gasteiger partial charge in [-0.05, 0) is 6.42 Å². The van der Waals surface area contributed by atoms with Gasteiger partial charge in [-0.1, -0.05) is 19.6 Å². The molecule has 0 aromatic rings. The number of carbonyl (C=O) groups is 1. The van der Waals surface area contributed by atoms with Crippen molar-refractivity contribution in [1.82, 2.24) is 0 Å². The maximum absolute atomic E-state index is 10.4. The van der Waals surface area contributed by atoms with Crippen molar-refractivity contribution in [2.75, 3.05) is 7.11 Å². The van der Waals surface area contributed by atoms with Crippen molar-refractivity contribution in [3.8, 4) is 0 Å². The predicted octanol–water partition coefficient (Wildman–Crippen LogP) is 1.73. The average Bonchev–Trinajstić information content (AvgIpc) is 1.99. The summed E-state index contributed by atoms with van der Waals surface area (Å²) in [5, 5.41) is 0. The Balaban J connectivity index is 3.62. The fraction of sp³-hybridized carbons (Fsp3) is 0.571. The molecule has 0 aromatic carbocycles. The second-order valence-corrected chi connectivity index (χ2v) is 1.75. The highest BCUT2D eigenvalue weighted by molar-refractivity contribution is 5.59. The minimum absolute atomic E-state index is 0.229. The van der Waals surface area contributed by atoms with Crippen molar-refractivity contribution in [2.24, 2.45) is 0 Å². The average molecular weight is 144 g/mol. The van der Waals surface area contributed by atoms with Crippen LogP contribution in [0.2, 0.25) is 0 Å². The van der Waals surface area contributed by atoms with Gasteiger partial charge in [0.2, 0.25) is 0 Å². The smallest absolute Gasteiger partial charge is 0.438 e. The normalized spacial score (nSPS) is 11.8. The number of ether oxygens (including phenoxy) is 2. The molecule has 1 unspecified atom stereocenters. The summed E-state index contributed by atoms with van der Waals surface area (Å²) >= 11 is 0. The van der Waals surface area contributed by atoms with E-state index in [2.05, 4.69) is 11.3 Å². The minimum atomic E-state index is -0.660.